The Kier molecular flexibility index (Phi) is 5.01. The van der Waals surface area contributed by atoms with Gasteiger partial charge >= 0.3 is 12.1 Å². The number of nitrogens with zero attached hydrogens (tertiary/aromatic N) is 3. The highest BCUT2D eigenvalue weighted by Crippen LogP contribution is 2.42. The van der Waals surface area contributed by atoms with Gasteiger partial charge in [-0.05, 0) is 46.0 Å². The summed E-state index contributed by atoms with van der Waals surface area (Å²) in [4.78, 5) is 26.3. The van der Waals surface area contributed by atoms with Crippen molar-refractivity contribution in [3.63, 3.8) is 0 Å². The number of piperidine rings is 1. The number of cyclic esters (lactones) is 1. The van der Waals surface area contributed by atoms with Crippen LogP contribution >= 0.6 is 0 Å². The second kappa shape index (κ2) is 7.16. The smallest absolute Gasteiger partial charge is 0.410 e. The Morgan fingerprint density at radius 3 is 2.53 bits per heavy atom. The Bertz CT molecular complexity index is 843. The van der Waals surface area contributed by atoms with Gasteiger partial charge in [-0.15, -0.1) is 0 Å². The predicted octanol–water partition coefficient (Wildman–Crippen LogP) is 3.06. The van der Waals surface area contributed by atoms with Crippen molar-refractivity contribution in [3.8, 4) is 0 Å². The zero-order chi connectivity index (χ0) is 21.8. The third-order valence-electron chi connectivity index (χ3n) is 6.65. The Morgan fingerprint density at radius 1 is 1.30 bits per heavy atom. The van der Waals surface area contributed by atoms with Gasteiger partial charge in [0.15, 0.2) is 6.04 Å². The van der Waals surface area contributed by atoms with E-state index in [0.717, 1.165) is 4.68 Å². The third kappa shape index (κ3) is 3.76. The molecule has 0 saturated carbocycles. The fraction of sp³-hybridized carbons (Fsp3) is 0.750. The number of aromatic nitrogens is 2. The average Bonchev–Trinajstić information content (AvgIpc) is 3.16. The molecule has 4 heterocycles. The molecule has 7 nitrogen and oxygen atoms in total. The SMILES string of the molecule is Cc1cc2n(n1)[C@@H](C(F)(F)F)C[C@@H](C1CCN(C(=O)C3CC(=O)OC3(C)C)CC1)N2. The standard InChI is InChI=1S/C20H27F3N4O3/c1-11-8-16-24-14(10-15(20(21,22)23)27(16)25-11)12-4-6-26(7-5-12)18(29)13-9-17(28)30-19(13,2)3/h8,12-15,24H,4-7,9-10H2,1-3H3/t13?,14-,15+/m0/s1. The molecule has 0 bridgehead atoms. The molecular formula is C20H27F3N4O3. The van der Waals surface area contributed by atoms with Crippen molar-refractivity contribution in [1.82, 2.24) is 14.7 Å². The van der Waals surface area contributed by atoms with Crippen molar-refractivity contribution in [2.45, 2.75) is 70.3 Å². The fourth-order valence-electron chi connectivity index (χ4n) is 4.98. The third-order valence-corrected chi connectivity index (χ3v) is 6.65. The number of esters is 1. The van der Waals surface area contributed by atoms with Gasteiger partial charge in [-0.1, -0.05) is 0 Å². The summed E-state index contributed by atoms with van der Waals surface area (Å²) in [5.74, 6) is -0.570. The average molecular weight is 428 g/mol. The van der Waals surface area contributed by atoms with Crippen LogP contribution in [0.3, 0.4) is 0 Å². The molecule has 2 saturated heterocycles. The van der Waals surface area contributed by atoms with Crippen molar-refractivity contribution in [1.29, 1.82) is 0 Å². The van der Waals surface area contributed by atoms with E-state index in [1.165, 1.54) is 0 Å². The van der Waals surface area contributed by atoms with Crippen LogP contribution in [0.15, 0.2) is 6.07 Å². The lowest BCUT2D eigenvalue weighted by Gasteiger charge is -2.41. The topological polar surface area (TPSA) is 76.5 Å². The van der Waals surface area contributed by atoms with Crippen LogP contribution in [0.2, 0.25) is 0 Å². The number of amides is 1. The van der Waals surface area contributed by atoms with Gasteiger partial charge in [-0.3, -0.25) is 9.59 Å². The van der Waals surface area contributed by atoms with Gasteiger partial charge in [-0.2, -0.15) is 18.3 Å². The van der Waals surface area contributed by atoms with Gasteiger partial charge in [0.05, 0.1) is 18.0 Å². The van der Waals surface area contributed by atoms with Gasteiger partial charge < -0.3 is 15.0 Å². The molecule has 2 fully saturated rings. The molecular weight excluding hydrogens is 401 g/mol. The van der Waals surface area contributed by atoms with Crippen LogP contribution in [0.1, 0.15) is 51.3 Å². The normalized spacial score (nSPS) is 29.3. The number of carbonyl (C=O) groups is 2. The molecule has 0 radical (unpaired) electrons. The second-order valence-corrected chi connectivity index (χ2v) is 9.16. The number of rotatable bonds is 2. The first-order valence-corrected chi connectivity index (χ1v) is 10.4. The van der Waals surface area contributed by atoms with E-state index < -0.39 is 23.7 Å². The molecule has 30 heavy (non-hydrogen) atoms. The number of hydrogen-bond acceptors (Lipinski definition) is 5. The molecule has 3 aliphatic heterocycles. The number of fused-ring (bicyclic) bond motifs is 1. The number of alkyl halides is 3. The van der Waals surface area contributed by atoms with Crippen molar-refractivity contribution in [2.24, 2.45) is 11.8 Å². The quantitative estimate of drug-likeness (QED) is 0.733. The van der Waals surface area contributed by atoms with E-state index in [1.54, 1.807) is 31.7 Å². The highest BCUT2D eigenvalue weighted by Gasteiger charge is 2.50. The number of carbonyl (C=O) groups excluding carboxylic acids is 2. The first-order chi connectivity index (χ1) is 14.0. The Labute approximate surface area is 172 Å². The number of nitrogens with one attached hydrogen (secondary N) is 1. The van der Waals surface area contributed by atoms with E-state index >= 15 is 0 Å². The highest BCUT2D eigenvalue weighted by atomic mass is 19.4. The number of hydrogen-bond donors (Lipinski definition) is 1. The summed E-state index contributed by atoms with van der Waals surface area (Å²) >= 11 is 0. The van der Waals surface area contributed by atoms with Crippen LogP contribution in [-0.4, -0.2) is 57.5 Å². The number of aryl methyl sites for hydroxylation is 1. The monoisotopic (exact) mass is 428 g/mol. The van der Waals surface area contributed by atoms with Crippen LogP contribution in [0.25, 0.3) is 0 Å². The number of ether oxygens (including phenoxy) is 1. The van der Waals surface area contributed by atoms with Gasteiger partial charge in [-0.25, -0.2) is 4.68 Å². The Morgan fingerprint density at radius 2 is 1.97 bits per heavy atom. The zero-order valence-corrected chi connectivity index (χ0v) is 17.3. The predicted molar refractivity (Wildman–Crippen MR) is 102 cm³/mol. The summed E-state index contributed by atoms with van der Waals surface area (Å²) in [6.07, 6.45) is -3.14. The molecule has 1 amide bonds. The summed E-state index contributed by atoms with van der Waals surface area (Å²) in [7, 11) is 0. The fourth-order valence-corrected chi connectivity index (χ4v) is 4.98. The first-order valence-electron chi connectivity index (χ1n) is 10.4. The van der Waals surface area contributed by atoms with E-state index in [2.05, 4.69) is 10.4 Å². The van der Waals surface area contributed by atoms with Crippen molar-refractivity contribution in [2.75, 3.05) is 18.4 Å². The summed E-state index contributed by atoms with van der Waals surface area (Å²) in [5, 5.41) is 7.26. The van der Waals surface area contributed by atoms with E-state index in [0.29, 0.717) is 37.4 Å². The maximum Gasteiger partial charge on any atom is 0.410 e. The minimum atomic E-state index is -4.37. The molecule has 0 aliphatic carbocycles. The molecule has 10 heteroatoms. The van der Waals surface area contributed by atoms with Crippen LogP contribution in [0.4, 0.5) is 19.0 Å². The lowest BCUT2D eigenvalue weighted by Crippen LogP contribution is -2.49. The van der Waals surface area contributed by atoms with Crippen LogP contribution in [0.5, 0.6) is 0 Å². The lowest BCUT2D eigenvalue weighted by atomic mass is 9.83. The lowest BCUT2D eigenvalue weighted by molar-refractivity contribution is -0.174. The van der Waals surface area contributed by atoms with Gasteiger partial charge in [0.1, 0.15) is 11.4 Å². The van der Waals surface area contributed by atoms with Crippen molar-refractivity contribution < 1.29 is 27.5 Å². The van der Waals surface area contributed by atoms with Crippen molar-refractivity contribution in [3.05, 3.63) is 11.8 Å². The number of halogens is 3. The number of anilines is 1. The van der Waals surface area contributed by atoms with E-state index in [1.807, 2.05) is 0 Å². The van der Waals surface area contributed by atoms with E-state index in [4.69, 9.17) is 4.74 Å². The largest absolute Gasteiger partial charge is 0.459 e. The molecule has 1 N–H and O–H groups in total. The molecule has 3 aliphatic rings. The zero-order valence-electron chi connectivity index (χ0n) is 17.3. The first kappa shape index (κ1) is 21.0. The molecule has 3 atom stereocenters. The maximum absolute atomic E-state index is 13.6. The molecule has 1 aromatic rings. The van der Waals surface area contributed by atoms with Gasteiger partial charge in [0, 0.05) is 25.2 Å². The molecule has 4 rings (SSSR count). The van der Waals surface area contributed by atoms with Crippen LogP contribution < -0.4 is 5.32 Å². The van der Waals surface area contributed by atoms with E-state index in [-0.39, 0.29) is 36.7 Å². The molecule has 0 aromatic carbocycles. The molecule has 1 unspecified atom stereocenters. The summed E-state index contributed by atoms with van der Waals surface area (Å²) in [5.41, 5.74) is -0.282. The van der Waals surface area contributed by atoms with E-state index in [9.17, 15) is 22.8 Å². The van der Waals surface area contributed by atoms with Crippen molar-refractivity contribution >= 4 is 17.7 Å². The number of likely N-dealkylation sites (tertiary alicyclic amines) is 1. The molecule has 166 valence electrons. The minimum Gasteiger partial charge on any atom is -0.459 e. The molecule has 1 aromatic heterocycles. The molecule has 0 spiro atoms. The summed E-state index contributed by atoms with van der Waals surface area (Å²) < 4.78 is 47.2. The second-order valence-electron chi connectivity index (χ2n) is 9.16. The summed E-state index contributed by atoms with van der Waals surface area (Å²) in [6, 6.07) is -0.331. The minimum absolute atomic E-state index is 0.0253. The van der Waals surface area contributed by atoms with Crippen LogP contribution in [-0.2, 0) is 14.3 Å². The summed E-state index contributed by atoms with van der Waals surface area (Å²) in [6.45, 7) is 6.09. The maximum atomic E-state index is 13.6. The Hall–Kier alpha value is -2.26. The Balaban J connectivity index is 1.42. The van der Waals surface area contributed by atoms with Gasteiger partial charge in [0.25, 0.3) is 0 Å². The highest BCUT2D eigenvalue weighted by molar-refractivity contribution is 5.87. The van der Waals surface area contributed by atoms with Crippen LogP contribution in [0, 0.1) is 18.8 Å². The van der Waals surface area contributed by atoms with Gasteiger partial charge in [0.2, 0.25) is 5.91 Å².